The highest BCUT2D eigenvalue weighted by Gasteiger charge is 2.29. The van der Waals surface area contributed by atoms with Gasteiger partial charge in [-0.15, -0.1) is 0 Å². The summed E-state index contributed by atoms with van der Waals surface area (Å²) >= 11 is 0. The van der Waals surface area contributed by atoms with Crippen LogP contribution in [0.5, 0.6) is 11.6 Å². The Morgan fingerprint density at radius 2 is 1.81 bits per heavy atom. The number of benzene rings is 1. The van der Waals surface area contributed by atoms with Gasteiger partial charge in [0, 0.05) is 12.6 Å². The first-order chi connectivity index (χ1) is 15.5. The summed E-state index contributed by atoms with van der Waals surface area (Å²) in [4.78, 5) is 29.0. The second kappa shape index (κ2) is 9.87. The van der Waals surface area contributed by atoms with Crippen LogP contribution in [0.3, 0.4) is 0 Å². The van der Waals surface area contributed by atoms with Crippen LogP contribution in [0.2, 0.25) is 0 Å². The molecular weight excluding hydrogens is 402 g/mol. The van der Waals surface area contributed by atoms with Gasteiger partial charge in [0.15, 0.2) is 0 Å². The molecule has 0 aliphatic carbocycles. The SMILES string of the molecule is Cc1nc(C)c(CN2CCCCC2C(=O)Nc2ccc(Oc3ccccc3)nc2)nc1C. The Hall–Kier alpha value is -3.32. The maximum absolute atomic E-state index is 13.1. The summed E-state index contributed by atoms with van der Waals surface area (Å²) in [5, 5.41) is 3.02. The fourth-order valence-corrected chi connectivity index (χ4v) is 3.93. The van der Waals surface area contributed by atoms with Crippen LogP contribution in [0.15, 0.2) is 48.7 Å². The molecule has 0 saturated carbocycles. The molecule has 1 fully saturated rings. The average molecular weight is 432 g/mol. The monoisotopic (exact) mass is 431 g/mol. The summed E-state index contributed by atoms with van der Waals surface area (Å²) in [5.74, 6) is 1.19. The number of likely N-dealkylation sites (tertiary alicyclic amines) is 1. The molecule has 1 N–H and O–H groups in total. The van der Waals surface area contributed by atoms with E-state index in [0.29, 0.717) is 18.1 Å². The molecule has 1 amide bonds. The highest BCUT2D eigenvalue weighted by molar-refractivity contribution is 5.94. The molecule has 3 heterocycles. The van der Waals surface area contributed by atoms with Crippen molar-refractivity contribution in [3.05, 3.63) is 71.4 Å². The van der Waals surface area contributed by atoms with Gasteiger partial charge in [0.05, 0.1) is 40.7 Å². The predicted octanol–water partition coefficient (Wildman–Crippen LogP) is 4.58. The van der Waals surface area contributed by atoms with Crippen LogP contribution in [-0.4, -0.2) is 38.3 Å². The van der Waals surface area contributed by atoms with E-state index in [0.717, 1.165) is 54.3 Å². The van der Waals surface area contributed by atoms with Gasteiger partial charge in [0.2, 0.25) is 11.8 Å². The number of carbonyl (C=O) groups excluding carboxylic acids is 1. The second-order valence-electron chi connectivity index (χ2n) is 8.20. The normalized spacial score (nSPS) is 16.5. The molecule has 2 aromatic heterocycles. The average Bonchev–Trinajstić information content (AvgIpc) is 2.80. The van der Waals surface area contributed by atoms with Crippen molar-refractivity contribution in [2.45, 2.75) is 52.6 Å². The Labute approximate surface area is 188 Å². The molecule has 1 atom stereocenters. The molecule has 1 saturated heterocycles. The zero-order chi connectivity index (χ0) is 22.5. The van der Waals surface area contributed by atoms with Crippen LogP contribution >= 0.6 is 0 Å². The molecule has 166 valence electrons. The van der Waals surface area contributed by atoms with Gasteiger partial charge in [-0.25, -0.2) is 4.98 Å². The Kier molecular flexibility index (Phi) is 6.75. The molecule has 3 aromatic rings. The Morgan fingerprint density at radius 1 is 1.03 bits per heavy atom. The maximum atomic E-state index is 13.1. The number of anilines is 1. The maximum Gasteiger partial charge on any atom is 0.241 e. The third kappa shape index (κ3) is 5.29. The fraction of sp³-hybridized carbons (Fsp3) is 0.360. The molecule has 0 bridgehead atoms. The van der Waals surface area contributed by atoms with E-state index in [4.69, 9.17) is 9.72 Å². The summed E-state index contributed by atoms with van der Waals surface area (Å²) in [6.07, 6.45) is 4.57. The van der Waals surface area contributed by atoms with Crippen molar-refractivity contribution >= 4 is 11.6 Å². The first-order valence-corrected chi connectivity index (χ1v) is 11.0. The summed E-state index contributed by atoms with van der Waals surface area (Å²) in [5.41, 5.74) is 4.41. The number of hydrogen-bond donors (Lipinski definition) is 1. The van der Waals surface area contributed by atoms with E-state index >= 15 is 0 Å². The highest BCUT2D eigenvalue weighted by Crippen LogP contribution is 2.23. The Bertz CT molecular complexity index is 1070. The fourth-order valence-electron chi connectivity index (χ4n) is 3.93. The highest BCUT2D eigenvalue weighted by atomic mass is 16.5. The van der Waals surface area contributed by atoms with E-state index in [2.05, 4.69) is 20.2 Å². The molecular formula is C25H29N5O2. The zero-order valence-electron chi connectivity index (χ0n) is 18.8. The number of aryl methyl sites for hydroxylation is 3. The van der Waals surface area contributed by atoms with Crippen LogP contribution in [-0.2, 0) is 11.3 Å². The summed E-state index contributed by atoms with van der Waals surface area (Å²) in [6, 6.07) is 12.9. The smallest absolute Gasteiger partial charge is 0.241 e. The Balaban J connectivity index is 1.41. The van der Waals surface area contributed by atoms with Crippen molar-refractivity contribution in [1.82, 2.24) is 19.9 Å². The Morgan fingerprint density at radius 3 is 2.56 bits per heavy atom. The lowest BCUT2D eigenvalue weighted by atomic mass is 10.0. The quantitative estimate of drug-likeness (QED) is 0.615. The molecule has 32 heavy (non-hydrogen) atoms. The molecule has 4 rings (SSSR count). The number of para-hydroxylation sites is 1. The lowest BCUT2D eigenvalue weighted by molar-refractivity contribution is -0.122. The van der Waals surface area contributed by atoms with Crippen LogP contribution in [0.25, 0.3) is 0 Å². The van der Waals surface area contributed by atoms with E-state index < -0.39 is 0 Å². The van der Waals surface area contributed by atoms with E-state index in [1.165, 1.54) is 0 Å². The number of rotatable bonds is 6. The number of pyridine rings is 1. The summed E-state index contributed by atoms with van der Waals surface area (Å²) < 4.78 is 5.72. The number of aromatic nitrogens is 3. The number of piperidine rings is 1. The van der Waals surface area contributed by atoms with Crippen molar-refractivity contribution in [2.24, 2.45) is 0 Å². The van der Waals surface area contributed by atoms with E-state index in [9.17, 15) is 4.79 Å². The van der Waals surface area contributed by atoms with Crippen LogP contribution < -0.4 is 10.1 Å². The van der Waals surface area contributed by atoms with Gasteiger partial charge in [0.1, 0.15) is 5.75 Å². The van der Waals surface area contributed by atoms with E-state index in [-0.39, 0.29) is 11.9 Å². The van der Waals surface area contributed by atoms with Gasteiger partial charge in [-0.1, -0.05) is 24.6 Å². The molecule has 1 aliphatic heterocycles. The zero-order valence-corrected chi connectivity index (χ0v) is 18.8. The van der Waals surface area contributed by atoms with Crippen molar-refractivity contribution in [1.29, 1.82) is 0 Å². The number of amides is 1. The van der Waals surface area contributed by atoms with Crippen molar-refractivity contribution in [3.63, 3.8) is 0 Å². The molecule has 1 aliphatic rings. The molecule has 7 heteroatoms. The minimum absolute atomic E-state index is 0.0160. The minimum atomic E-state index is -0.202. The molecule has 0 radical (unpaired) electrons. The second-order valence-corrected chi connectivity index (χ2v) is 8.20. The van der Waals surface area contributed by atoms with Gasteiger partial charge in [0.25, 0.3) is 0 Å². The third-order valence-corrected chi connectivity index (χ3v) is 5.82. The van der Waals surface area contributed by atoms with Crippen molar-refractivity contribution in [3.8, 4) is 11.6 Å². The van der Waals surface area contributed by atoms with Gasteiger partial charge >= 0.3 is 0 Å². The largest absolute Gasteiger partial charge is 0.439 e. The third-order valence-electron chi connectivity index (χ3n) is 5.82. The number of nitrogens with one attached hydrogen (secondary N) is 1. The van der Waals surface area contributed by atoms with Gasteiger partial charge in [-0.3, -0.25) is 19.7 Å². The number of carbonyl (C=O) groups is 1. The molecule has 0 spiro atoms. The van der Waals surface area contributed by atoms with Crippen LogP contribution in [0.4, 0.5) is 5.69 Å². The number of nitrogens with zero attached hydrogens (tertiary/aromatic N) is 4. The van der Waals surface area contributed by atoms with Crippen molar-refractivity contribution < 1.29 is 9.53 Å². The molecule has 1 unspecified atom stereocenters. The first-order valence-electron chi connectivity index (χ1n) is 11.0. The first kappa shape index (κ1) is 21.9. The predicted molar refractivity (Wildman–Crippen MR) is 124 cm³/mol. The minimum Gasteiger partial charge on any atom is -0.439 e. The van der Waals surface area contributed by atoms with Gasteiger partial charge < -0.3 is 10.1 Å². The van der Waals surface area contributed by atoms with Crippen molar-refractivity contribution in [2.75, 3.05) is 11.9 Å². The van der Waals surface area contributed by atoms with E-state index in [1.54, 1.807) is 12.3 Å². The lowest BCUT2D eigenvalue weighted by Gasteiger charge is -2.34. The lowest BCUT2D eigenvalue weighted by Crippen LogP contribution is -2.46. The van der Waals surface area contributed by atoms with E-state index in [1.807, 2.05) is 57.2 Å². The number of hydrogen-bond acceptors (Lipinski definition) is 6. The molecule has 7 nitrogen and oxygen atoms in total. The number of ether oxygens (including phenoxy) is 1. The summed E-state index contributed by atoms with van der Waals surface area (Å²) in [7, 11) is 0. The summed E-state index contributed by atoms with van der Waals surface area (Å²) in [6.45, 7) is 7.43. The van der Waals surface area contributed by atoms with Crippen LogP contribution in [0.1, 0.15) is 42.0 Å². The van der Waals surface area contributed by atoms with Gasteiger partial charge in [-0.2, -0.15) is 0 Å². The van der Waals surface area contributed by atoms with Crippen LogP contribution in [0, 0.1) is 20.8 Å². The topological polar surface area (TPSA) is 80.2 Å². The van der Waals surface area contributed by atoms with Gasteiger partial charge in [-0.05, 0) is 58.4 Å². The molecule has 1 aromatic carbocycles. The standard InChI is InChI=1S/C25H29N5O2/c1-17-18(2)28-22(19(3)27-17)16-30-14-8-7-11-23(30)25(31)29-20-12-13-24(26-15-20)32-21-9-5-4-6-10-21/h4-6,9-10,12-13,15,23H,7-8,11,14,16H2,1-3H3,(H,29,31).